The maximum atomic E-state index is 6.92. The van der Waals surface area contributed by atoms with E-state index in [0.717, 1.165) is 64.0 Å². The molecule has 2 N–H and O–H groups in total. The van der Waals surface area contributed by atoms with Crippen molar-refractivity contribution in [1.82, 2.24) is 9.24 Å². The van der Waals surface area contributed by atoms with Crippen molar-refractivity contribution in [3.8, 4) is 0 Å². The van der Waals surface area contributed by atoms with E-state index in [1.54, 1.807) is 0 Å². The quantitative estimate of drug-likeness (QED) is 0.268. The van der Waals surface area contributed by atoms with Crippen LogP contribution in [0.4, 0.5) is 0 Å². The fourth-order valence-electron chi connectivity index (χ4n) is 6.18. The molecule has 4 nitrogen and oxygen atoms in total. The number of aromatic nitrogens is 2. The number of nitrogens with two attached hydrogens (primary N) is 1. The van der Waals surface area contributed by atoms with Gasteiger partial charge in [-0.3, -0.25) is 4.68 Å². The average Bonchev–Trinajstić information content (AvgIpc) is 3.52. The summed E-state index contributed by atoms with van der Waals surface area (Å²) in [5.41, 5.74) is 9.07. The van der Waals surface area contributed by atoms with Crippen LogP contribution < -0.4 is 5.84 Å². The molecule has 0 saturated heterocycles. The molecule has 34 heavy (non-hydrogen) atoms. The molecule has 3 heterocycles. The highest BCUT2D eigenvalue weighted by atomic mass is 16.3. The number of hydrogen-bond donors (Lipinski definition) is 1. The Morgan fingerprint density at radius 3 is 2.53 bits per heavy atom. The van der Waals surface area contributed by atoms with Crippen LogP contribution in [0.2, 0.25) is 0 Å². The molecule has 0 bridgehead atoms. The molecule has 8 rings (SSSR count). The zero-order valence-corrected chi connectivity index (χ0v) is 18.7. The summed E-state index contributed by atoms with van der Waals surface area (Å²) >= 11 is 0. The molecule has 0 saturated carbocycles. The van der Waals surface area contributed by atoms with Crippen molar-refractivity contribution in [1.29, 1.82) is 0 Å². The number of benzene rings is 3. The Bertz CT molecular complexity index is 1920. The monoisotopic (exact) mass is 441 g/mol. The first-order valence-electron chi connectivity index (χ1n) is 12.0. The molecule has 4 heteroatoms. The Labute approximate surface area is 195 Å². The minimum atomic E-state index is 0.900. The Morgan fingerprint density at radius 1 is 0.735 bits per heavy atom. The standard InChI is InChI=1S/C30H23N3O/c31-33-24-16-17-26-28(21-11-5-7-13-25(21)34-26)27(24)22-15-14-20-19-10-4-6-12-23(19)32(29(20)30(22)33)18-8-2-1-3-9-18/h2,4-5,7-11,13-17H,1,3,6,12,31H2. The molecule has 0 aliphatic heterocycles. The average molecular weight is 442 g/mol. The van der Waals surface area contributed by atoms with Crippen LogP contribution in [-0.2, 0) is 6.42 Å². The molecule has 3 aromatic carbocycles. The van der Waals surface area contributed by atoms with Gasteiger partial charge in [0.15, 0.2) is 0 Å². The molecular weight excluding hydrogens is 418 g/mol. The van der Waals surface area contributed by atoms with Crippen LogP contribution in [0.1, 0.15) is 30.5 Å². The number of fused-ring (bicyclic) bond motifs is 11. The SMILES string of the molecule is Nn1c2ccc3oc4ccccc4c3c2c2ccc3c4c(n(C5=CCCC=C5)c3c21)CCC=C4. The maximum Gasteiger partial charge on any atom is 0.136 e. The third-order valence-electron chi connectivity index (χ3n) is 7.60. The lowest BCUT2D eigenvalue weighted by molar-refractivity contribution is 0.669. The van der Waals surface area contributed by atoms with Crippen molar-refractivity contribution in [3.05, 3.63) is 84.1 Å². The van der Waals surface area contributed by atoms with Gasteiger partial charge in [-0.15, -0.1) is 0 Å². The first kappa shape index (κ1) is 18.3. The second kappa shape index (κ2) is 6.45. The Balaban J connectivity index is 1.62. The summed E-state index contributed by atoms with van der Waals surface area (Å²) in [7, 11) is 0. The first-order chi connectivity index (χ1) is 16.8. The number of nitrogens with zero attached hydrogens (tertiary/aromatic N) is 2. The number of para-hydroxylation sites is 1. The van der Waals surface area contributed by atoms with Gasteiger partial charge in [0.2, 0.25) is 0 Å². The normalized spacial score (nSPS) is 15.8. The van der Waals surface area contributed by atoms with Crippen molar-refractivity contribution in [2.75, 3.05) is 5.84 Å². The van der Waals surface area contributed by atoms with Gasteiger partial charge in [0.1, 0.15) is 11.2 Å². The second-order valence-electron chi connectivity index (χ2n) is 9.40. The minimum Gasteiger partial charge on any atom is -0.456 e. The number of hydrogen-bond acceptors (Lipinski definition) is 2. The van der Waals surface area contributed by atoms with Gasteiger partial charge in [-0.25, -0.2) is 0 Å². The fraction of sp³-hybridized carbons (Fsp3) is 0.133. The molecule has 0 spiro atoms. The molecule has 2 aliphatic rings. The zero-order chi connectivity index (χ0) is 22.4. The molecule has 164 valence electrons. The van der Waals surface area contributed by atoms with Crippen LogP contribution in [0.25, 0.3) is 66.4 Å². The van der Waals surface area contributed by atoms with Crippen LogP contribution in [0.15, 0.2) is 77.3 Å². The predicted octanol–water partition coefficient (Wildman–Crippen LogP) is 7.51. The van der Waals surface area contributed by atoms with Gasteiger partial charge in [0.25, 0.3) is 0 Å². The van der Waals surface area contributed by atoms with E-state index in [0.29, 0.717) is 0 Å². The number of rotatable bonds is 1. The molecule has 0 radical (unpaired) electrons. The lowest BCUT2D eigenvalue weighted by atomic mass is 10.0. The van der Waals surface area contributed by atoms with E-state index in [9.17, 15) is 0 Å². The van der Waals surface area contributed by atoms with Crippen molar-refractivity contribution >= 4 is 66.4 Å². The second-order valence-corrected chi connectivity index (χ2v) is 9.40. The summed E-state index contributed by atoms with van der Waals surface area (Å²) in [5, 5.41) is 5.87. The van der Waals surface area contributed by atoms with Crippen molar-refractivity contribution < 1.29 is 4.42 Å². The molecule has 6 aromatic rings. The van der Waals surface area contributed by atoms with Gasteiger partial charge in [-0.05, 0) is 50.0 Å². The summed E-state index contributed by atoms with van der Waals surface area (Å²) in [5.74, 6) is 6.92. The lowest BCUT2D eigenvalue weighted by Gasteiger charge is -2.16. The topological polar surface area (TPSA) is 49.0 Å². The number of furan rings is 1. The lowest BCUT2D eigenvalue weighted by Crippen LogP contribution is -2.09. The van der Waals surface area contributed by atoms with Crippen LogP contribution in [-0.4, -0.2) is 9.24 Å². The van der Waals surface area contributed by atoms with E-state index in [1.807, 2.05) is 16.8 Å². The van der Waals surface area contributed by atoms with E-state index in [1.165, 1.54) is 33.2 Å². The summed E-state index contributed by atoms with van der Waals surface area (Å²) < 4.78 is 10.6. The van der Waals surface area contributed by atoms with E-state index in [4.69, 9.17) is 10.3 Å². The maximum absolute atomic E-state index is 6.92. The van der Waals surface area contributed by atoms with E-state index >= 15 is 0 Å². The van der Waals surface area contributed by atoms with Crippen molar-refractivity contribution in [3.63, 3.8) is 0 Å². The third-order valence-corrected chi connectivity index (χ3v) is 7.60. The molecule has 0 unspecified atom stereocenters. The largest absolute Gasteiger partial charge is 0.456 e. The van der Waals surface area contributed by atoms with Crippen LogP contribution in [0.3, 0.4) is 0 Å². The van der Waals surface area contributed by atoms with Crippen molar-refractivity contribution in [2.24, 2.45) is 0 Å². The van der Waals surface area contributed by atoms with E-state index in [-0.39, 0.29) is 0 Å². The summed E-state index contributed by atoms with van der Waals surface area (Å²) in [6.07, 6.45) is 15.8. The Morgan fingerprint density at radius 2 is 1.62 bits per heavy atom. The van der Waals surface area contributed by atoms with E-state index < -0.39 is 0 Å². The van der Waals surface area contributed by atoms with Gasteiger partial charge in [-0.2, -0.15) is 0 Å². The fourth-order valence-corrected chi connectivity index (χ4v) is 6.18. The highest BCUT2D eigenvalue weighted by Gasteiger charge is 2.25. The van der Waals surface area contributed by atoms with Gasteiger partial charge in [0, 0.05) is 43.9 Å². The number of allylic oxidation sites excluding steroid dienone is 5. The van der Waals surface area contributed by atoms with Crippen molar-refractivity contribution in [2.45, 2.75) is 25.7 Å². The Kier molecular flexibility index (Phi) is 3.46. The van der Waals surface area contributed by atoms with Gasteiger partial charge in [0.05, 0.1) is 16.6 Å². The summed E-state index contributed by atoms with van der Waals surface area (Å²) in [6, 6.07) is 17.0. The molecular formula is C30H23N3O. The van der Waals surface area contributed by atoms with Gasteiger partial charge in [-0.1, -0.05) is 54.6 Å². The minimum absolute atomic E-state index is 0.900. The highest BCUT2D eigenvalue weighted by molar-refractivity contribution is 6.30. The summed E-state index contributed by atoms with van der Waals surface area (Å²) in [4.78, 5) is 0. The van der Waals surface area contributed by atoms with Crippen LogP contribution in [0, 0.1) is 0 Å². The first-order valence-corrected chi connectivity index (χ1v) is 12.0. The van der Waals surface area contributed by atoms with Crippen LogP contribution in [0.5, 0.6) is 0 Å². The number of nitrogen functional groups attached to an aromatic ring is 1. The predicted molar refractivity (Wildman–Crippen MR) is 142 cm³/mol. The summed E-state index contributed by atoms with van der Waals surface area (Å²) in [6.45, 7) is 0. The molecule has 0 amide bonds. The molecule has 0 atom stereocenters. The highest BCUT2D eigenvalue weighted by Crippen LogP contribution is 2.44. The van der Waals surface area contributed by atoms with E-state index in [2.05, 4.69) is 71.3 Å². The molecule has 2 aliphatic carbocycles. The molecule has 3 aromatic heterocycles. The Hall–Kier alpha value is -4.18. The van der Waals surface area contributed by atoms with Gasteiger partial charge >= 0.3 is 0 Å². The smallest absolute Gasteiger partial charge is 0.136 e. The third kappa shape index (κ3) is 2.18. The van der Waals surface area contributed by atoms with Gasteiger partial charge < -0.3 is 14.8 Å². The molecule has 0 fully saturated rings. The van der Waals surface area contributed by atoms with Crippen LogP contribution >= 0.6 is 0 Å². The zero-order valence-electron chi connectivity index (χ0n) is 18.7.